The maximum atomic E-state index is 11.6. The van der Waals surface area contributed by atoms with Crippen LogP contribution in [0.25, 0.3) is 0 Å². The number of benzene rings is 1. The van der Waals surface area contributed by atoms with E-state index in [4.69, 9.17) is 9.47 Å². The normalized spacial score (nSPS) is 25.1. The number of ether oxygens (including phenoxy) is 2. The molecule has 26 heavy (non-hydrogen) atoms. The predicted octanol–water partition coefficient (Wildman–Crippen LogP) is 0.240. The van der Waals surface area contributed by atoms with Gasteiger partial charge in [-0.05, 0) is 18.6 Å². The van der Waals surface area contributed by atoms with Crippen molar-refractivity contribution >= 4 is 9.84 Å². The van der Waals surface area contributed by atoms with Gasteiger partial charge in [-0.2, -0.15) is 0 Å². The third-order valence-corrected chi connectivity index (χ3v) is 6.85. The van der Waals surface area contributed by atoms with Gasteiger partial charge in [-0.1, -0.05) is 12.1 Å². The van der Waals surface area contributed by atoms with E-state index in [-0.39, 0.29) is 12.6 Å². The molecule has 2 aliphatic rings. The lowest BCUT2D eigenvalue weighted by atomic mass is 10.2. The van der Waals surface area contributed by atoms with Crippen LogP contribution in [-0.4, -0.2) is 93.4 Å². The summed E-state index contributed by atoms with van der Waals surface area (Å²) in [4.78, 5) is 4.48. The Morgan fingerprint density at radius 3 is 2.50 bits per heavy atom. The number of aliphatic hydroxyl groups is 1. The van der Waals surface area contributed by atoms with Crippen molar-refractivity contribution in [1.82, 2.24) is 9.80 Å². The monoisotopic (exact) mass is 384 g/mol. The molecule has 1 aromatic carbocycles. The highest BCUT2D eigenvalue weighted by Crippen LogP contribution is 2.26. The molecule has 1 N–H and O–H groups in total. The zero-order chi connectivity index (χ0) is 18.6. The van der Waals surface area contributed by atoms with Gasteiger partial charge in [0.05, 0.1) is 18.6 Å². The third kappa shape index (κ3) is 5.09. The lowest BCUT2D eigenvalue weighted by molar-refractivity contribution is 0.0384. The van der Waals surface area contributed by atoms with Gasteiger partial charge in [0.25, 0.3) is 0 Å². The fraction of sp³-hybridized carbons (Fsp3) is 0.667. The minimum Gasteiger partial charge on any atom is -0.493 e. The summed E-state index contributed by atoms with van der Waals surface area (Å²) in [6.07, 6.45) is 0.163. The largest absolute Gasteiger partial charge is 0.493 e. The number of methoxy groups -OCH3 is 1. The first-order chi connectivity index (χ1) is 12.5. The Hall–Kier alpha value is -1.35. The number of hydrogen-bond acceptors (Lipinski definition) is 7. The minimum atomic E-state index is -2.84. The maximum Gasteiger partial charge on any atom is 0.161 e. The topological polar surface area (TPSA) is 79.3 Å². The molecule has 2 heterocycles. The molecule has 146 valence electrons. The molecule has 0 saturated carbocycles. The van der Waals surface area contributed by atoms with Crippen LogP contribution < -0.4 is 9.47 Å². The summed E-state index contributed by atoms with van der Waals surface area (Å²) in [6, 6.07) is 7.55. The van der Waals surface area contributed by atoms with E-state index in [1.165, 1.54) is 0 Å². The Morgan fingerprint density at radius 2 is 1.88 bits per heavy atom. The number of hydrogen-bond donors (Lipinski definition) is 1. The van der Waals surface area contributed by atoms with Gasteiger partial charge in [0.1, 0.15) is 12.7 Å². The summed E-state index contributed by atoms with van der Waals surface area (Å²) in [7, 11) is -1.25. The predicted molar refractivity (Wildman–Crippen MR) is 99.6 cm³/mol. The molecule has 2 fully saturated rings. The van der Waals surface area contributed by atoms with Crippen molar-refractivity contribution in [2.45, 2.75) is 18.6 Å². The number of rotatable bonds is 7. The fourth-order valence-corrected chi connectivity index (χ4v) is 5.41. The van der Waals surface area contributed by atoms with Gasteiger partial charge in [0, 0.05) is 38.8 Å². The third-order valence-electron chi connectivity index (χ3n) is 5.10. The first-order valence-electron chi connectivity index (χ1n) is 9.07. The van der Waals surface area contributed by atoms with Crippen molar-refractivity contribution in [3.63, 3.8) is 0 Å². The second-order valence-corrected chi connectivity index (χ2v) is 9.24. The fourth-order valence-electron chi connectivity index (χ4n) is 3.65. The number of para-hydroxylation sites is 2. The van der Waals surface area contributed by atoms with Crippen LogP contribution in [0.5, 0.6) is 11.5 Å². The number of sulfone groups is 1. The molecule has 3 rings (SSSR count). The molecule has 0 aromatic heterocycles. The average Bonchev–Trinajstić information content (AvgIpc) is 3.00. The van der Waals surface area contributed by atoms with Gasteiger partial charge < -0.3 is 14.6 Å². The van der Waals surface area contributed by atoms with Crippen molar-refractivity contribution < 1.29 is 23.0 Å². The summed E-state index contributed by atoms with van der Waals surface area (Å²) in [5.74, 6) is 1.89. The molecular formula is C18H28N2O5S. The van der Waals surface area contributed by atoms with Crippen LogP contribution in [0.4, 0.5) is 0 Å². The molecule has 2 atom stereocenters. The van der Waals surface area contributed by atoms with E-state index in [1.54, 1.807) is 7.11 Å². The Morgan fingerprint density at radius 1 is 1.19 bits per heavy atom. The van der Waals surface area contributed by atoms with Crippen LogP contribution in [0, 0.1) is 0 Å². The van der Waals surface area contributed by atoms with Crippen molar-refractivity contribution in [2.24, 2.45) is 0 Å². The number of piperazine rings is 1. The molecule has 0 spiro atoms. The van der Waals surface area contributed by atoms with Crippen molar-refractivity contribution in [2.75, 3.05) is 57.9 Å². The van der Waals surface area contributed by atoms with Gasteiger partial charge in [0.2, 0.25) is 0 Å². The van der Waals surface area contributed by atoms with E-state index in [1.807, 2.05) is 24.3 Å². The highest BCUT2D eigenvalue weighted by Gasteiger charge is 2.33. The Bertz CT molecular complexity index is 689. The van der Waals surface area contributed by atoms with E-state index in [2.05, 4.69) is 9.80 Å². The molecule has 0 unspecified atom stereocenters. The molecule has 0 aliphatic carbocycles. The summed E-state index contributed by atoms with van der Waals surface area (Å²) in [6.45, 7) is 4.12. The number of aliphatic hydroxyl groups excluding tert-OH is 1. The van der Waals surface area contributed by atoms with Crippen molar-refractivity contribution in [3.8, 4) is 11.5 Å². The summed E-state index contributed by atoms with van der Waals surface area (Å²) >= 11 is 0. The van der Waals surface area contributed by atoms with E-state index in [9.17, 15) is 13.5 Å². The van der Waals surface area contributed by atoms with Crippen LogP contribution in [-0.2, 0) is 9.84 Å². The molecule has 0 amide bonds. The van der Waals surface area contributed by atoms with E-state index in [0.29, 0.717) is 29.5 Å². The van der Waals surface area contributed by atoms with E-state index < -0.39 is 15.9 Å². The molecule has 1 aromatic rings. The summed E-state index contributed by atoms with van der Waals surface area (Å²) in [5.41, 5.74) is 0. The molecule has 8 heteroatoms. The minimum absolute atomic E-state index is 0.168. The van der Waals surface area contributed by atoms with Gasteiger partial charge in [-0.3, -0.25) is 9.80 Å². The Labute approximate surface area is 155 Å². The molecule has 0 radical (unpaired) electrons. The SMILES string of the molecule is COc1ccccc1OC[C@H](O)CN1CCN([C@@H]2CCS(=O)(=O)C2)CC1. The van der Waals surface area contributed by atoms with Crippen LogP contribution in [0.15, 0.2) is 24.3 Å². The first kappa shape index (κ1) is 19.4. The van der Waals surface area contributed by atoms with Crippen molar-refractivity contribution in [3.05, 3.63) is 24.3 Å². The standard InChI is InChI=1S/C18H28N2O5S/c1-24-17-4-2-3-5-18(17)25-13-16(21)12-19-7-9-20(10-8-19)15-6-11-26(22,23)14-15/h2-5,15-16,21H,6-14H2,1H3/t15-,16-/m1/s1. The second kappa shape index (κ2) is 8.56. The second-order valence-electron chi connectivity index (χ2n) is 7.01. The van der Waals surface area contributed by atoms with Gasteiger partial charge in [-0.15, -0.1) is 0 Å². The molecule has 0 bridgehead atoms. The maximum absolute atomic E-state index is 11.6. The summed E-state index contributed by atoms with van der Waals surface area (Å²) < 4.78 is 34.2. The highest BCUT2D eigenvalue weighted by molar-refractivity contribution is 7.91. The van der Waals surface area contributed by atoms with Crippen molar-refractivity contribution in [1.29, 1.82) is 0 Å². The smallest absolute Gasteiger partial charge is 0.161 e. The lowest BCUT2D eigenvalue weighted by Crippen LogP contribution is -2.52. The lowest BCUT2D eigenvalue weighted by Gasteiger charge is -2.38. The highest BCUT2D eigenvalue weighted by atomic mass is 32.2. The molecular weight excluding hydrogens is 356 g/mol. The first-order valence-corrected chi connectivity index (χ1v) is 10.9. The Balaban J connectivity index is 1.40. The van der Waals surface area contributed by atoms with Crippen LogP contribution in [0.3, 0.4) is 0 Å². The number of β-amino-alcohol motifs (C(OH)–C–C–N with tert-alkyl or cyclic N) is 1. The van der Waals surface area contributed by atoms with Crippen LogP contribution >= 0.6 is 0 Å². The molecule has 2 aliphatic heterocycles. The molecule has 2 saturated heterocycles. The van der Waals surface area contributed by atoms with E-state index in [0.717, 1.165) is 32.6 Å². The molecule has 7 nitrogen and oxygen atoms in total. The quantitative estimate of drug-likeness (QED) is 0.721. The van der Waals surface area contributed by atoms with Crippen LogP contribution in [0.1, 0.15) is 6.42 Å². The van der Waals surface area contributed by atoms with Gasteiger partial charge in [0.15, 0.2) is 21.3 Å². The zero-order valence-corrected chi connectivity index (χ0v) is 16.0. The van der Waals surface area contributed by atoms with Gasteiger partial charge in [-0.25, -0.2) is 8.42 Å². The zero-order valence-electron chi connectivity index (χ0n) is 15.2. The van der Waals surface area contributed by atoms with Gasteiger partial charge >= 0.3 is 0 Å². The average molecular weight is 384 g/mol. The van der Waals surface area contributed by atoms with Crippen LogP contribution in [0.2, 0.25) is 0 Å². The number of nitrogens with zero attached hydrogens (tertiary/aromatic N) is 2. The van der Waals surface area contributed by atoms with E-state index >= 15 is 0 Å². The summed E-state index contributed by atoms with van der Waals surface area (Å²) in [5, 5.41) is 10.3. The Kier molecular flexibility index (Phi) is 6.39.